The summed E-state index contributed by atoms with van der Waals surface area (Å²) >= 11 is 1.35. The first kappa shape index (κ1) is 16.4. The largest absolute Gasteiger partial charge is 0.368 e. The van der Waals surface area contributed by atoms with Crippen LogP contribution in [-0.4, -0.2) is 29.6 Å². The lowest BCUT2D eigenvalue weighted by Gasteiger charge is -2.12. The second-order valence-corrected chi connectivity index (χ2v) is 6.23. The number of hydrogen-bond donors (Lipinski definition) is 3. The molecule has 3 amide bonds. The molecule has 3 N–H and O–H groups in total. The minimum absolute atomic E-state index is 0.126. The predicted molar refractivity (Wildman–Crippen MR) is 92.0 cm³/mol. The van der Waals surface area contributed by atoms with Crippen LogP contribution in [0.3, 0.4) is 0 Å². The molecule has 0 radical (unpaired) electrons. The standard InChI is InChI=1S/C16H18N4O3S/c21-14(13-5-2-7-23-13)19-12-4-1-3-11(9-12)10-18-15(22)20-16-17-6-8-24-16/h1,3-4,6,8-9,13H,2,5,7,10H2,(H,19,21)(H2,17,18,20,22)/t13-/m1/s1. The lowest BCUT2D eigenvalue weighted by atomic mass is 10.2. The Morgan fingerprint density at radius 1 is 1.33 bits per heavy atom. The van der Waals surface area contributed by atoms with Crippen molar-refractivity contribution in [1.29, 1.82) is 0 Å². The third-order valence-corrected chi connectivity index (χ3v) is 4.21. The van der Waals surface area contributed by atoms with Gasteiger partial charge in [0, 0.05) is 30.4 Å². The maximum absolute atomic E-state index is 12.0. The van der Waals surface area contributed by atoms with Crippen LogP contribution >= 0.6 is 11.3 Å². The quantitative estimate of drug-likeness (QED) is 0.776. The topological polar surface area (TPSA) is 92.4 Å². The second-order valence-electron chi connectivity index (χ2n) is 5.34. The number of benzene rings is 1. The number of urea groups is 1. The first-order valence-corrected chi connectivity index (χ1v) is 8.54. The van der Waals surface area contributed by atoms with Crippen molar-refractivity contribution in [2.75, 3.05) is 17.2 Å². The Hall–Kier alpha value is -2.45. The highest BCUT2D eigenvalue weighted by Crippen LogP contribution is 2.16. The molecule has 24 heavy (non-hydrogen) atoms. The van der Waals surface area contributed by atoms with Crippen molar-refractivity contribution < 1.29 is 14.3 Å². The summed E-state index contributed by atoms with van der Waals surface area (Å²) in [6.45, 7) is 0.983. The molecule has 0 unspecified atom stereocenters. The monoisotopic (exact) mass is 346 g/mol. The zero-order valence-electron chi connectivity index (χ0n) is 13.0. The van der Waals surface area contributed by atoms with Crippen molar-refractivity contribution in [2.45, 2.75) is 25.5 Å². The van der Waals surface area contributed by atoms with E-state index in [0.29, 0.717) is 24.0 Å². The van der Waals surface area contributed by atoms with Crippen molar-refractivity contribution in [1.82, 2.24) is 10.3 Å². The number of thiazole rings is 1. The molecule has 3 rings (SSSR count). The van der Waals surface area contributed by atoms with E-state index in [9.17, 15) is 9.59 Å². The van der Waals surface area contributed by atoms with Gasteiger partial charge in [0.25, 0.3) is 5.91 Å². The third kappa shape index (κ3) is 4.53. The zero-order chi connectivity index (χ0) is 16.8. The molecule has 1 aromatic carbocycles. The molecule has 2 aromatic rings. The van der Waals surface area contributed by atoms with Crippen LogP contribution < -0.4 is 16.0 Å². The number of carbonyl (C=O) groups excluding carboxylic acids is 2. The first-order valence-electron chi connectivity index (χ1n) is 7.66. The molecular weight excluding hydrogens is 328 g/mol. The average molecular weight is 346 g/mol. The van der Waals surface area contributed by atoms with E-state index in [1.807, 2.05) is 24.3 Å². The first-order chi connectivity index (χ1) is 11.7. The summed E-state index contributed by atoms with van der Waals surface area (Å²) in [6, 6.07) is 7.04. The van der Waals surface area contributed by atoms with Crippen molar-refractivity contribution in [3.05, 3.63) is 41.4 Å². The number of rotatable bonds is 5. The number of anilines is 2. The second kappa shape index (κ2) is 7.89. The van der Waals surface area contributed by atoms with E-state index in [4.69, 9.17) is 4.74 Å². The van der Waals surface area contributed by atoms with Crippen molar-refractivity contribution in [2.24, 2.45) is 0 Å². The van der Waals surface area contributed by atoms with Crippen LogP contribution in [0.5, 0.6) is 0 Å². The van der Waals surface area contributed by atoms with E-state index in [0.717, 1.165) is 18.4 Å². The van der Waals surface area contributed by atoms with Gasteiger partial charge < -0.3 is 15.4 Å². The highest BCUT2D eigenvalue weighted by atomic mass is 32.1. The number of amides is 3. The number of hydrogen-bond acceptors (Lipinski definition) is 5. The maximum Gasteiger partial charge on any atom is 0.321 e. The fourth-order valence-electron chi connectivity index (χ4n) is 2.38. The van der Waals surface area contributed by atoms with Crippen LogP contribution in [0.1, 0.15) is 18.4 Å². The highest BCUT2D eigenvalue weighted by Gasteiger charge is 2.23. The molecule has 1 aliphatic heterocycles. The van der Waals surface area contributed by atoms with Crippen molar-refractivity contribution in [3.8, 4) is 0 Å². The summed E-state index contributed by atoms with van der Waals surface area (Å²) in [4.78, 5) is 27.8. The highest BCUT2D eigenvalue weighted by molar-refractivity contribution is 7.13. The Morgan fingerprint density at radius 2 is 2.25 bits per heavy atom. The fraction of sp³-hybridized carbons (Fsp3) is 0.312. The molecule has 1 aromatic heterocycles. The van der Waals surface area contributed by atoms with Gasteiger partial charge in [-0.05, 0) is 30.5 Å². The van der Waals surface area contributed by atoms with Gasteiger partial charge in [0.2, 0.25) is 0 Å². The molecule has 0 aliphatic carbocycles. The minimum atomic E-state index is -0.365. The molecule has 0 saturated carbocycles. The van der Waals surface area contributed by atoms with E-state index >= 15 is 0 Å². The Labute approximate surface area is 143 Å². The van der Waals surface area contributed by atoms with Crippen LogP contribution in [0, 0.1) is 0 Å². The zero-order valence-corrected chi connectivity index (χ0v) is 13.8. The number of aromatic nitrogens is 1. The molecule has 1 fully saturated rings. The third-order valence-electron chi connectivity index (χ3n) is 3.52. The van der Waals surface area contributed by atoms with Gasteiger partial charge in [0.1, 0.15) is 6.10 Å². The Morgan fingerprint density at radius 3 is 3.00 bits per heavy atom. The minimum Gasteiger partial charge on any atom is -0.368 e. The van der Waals surface area contributed by atoms with E-state index in [1.165, 1.54) is 11.3 Å². The molecular formula is C16H18N4O3S. The van der Waals surface area contributed by atoms with Gasteiger partial charge in [-0.25, -0.2) is 9.78 Å². The number of nitrogens with one attached hydrogen (secondary N) is 3. The van der Waals surface area contributed by atoms with Crippen LogP contribution in [-0.2, 0) is 16.1 Å². The molecule has 2 heterocycles. The van der Waals surface area contributed by atoms with E-state index in [2.05, 4.69) is 20.9 Å². The van der Waals surface area contributed by atoms with Crippen molar-refractivity contribution in [3.63, 3.8) is 0 Å². The number of carbonyl (C=O) groups is 2. The van der Waals surface area contributed by atoms with Crippen LogP contribution in [0.25, 0.3) is 0 Å². The summed E-state index contributed by atoms with van der Waals surface area (Å²) in [5.74, 6) is -0.126. The van der Waals surface area contributed by atoms with Gasteiger partial charge in [-0.3, -0.25) is 10.1 Å². The van der Waals surface area contributed by atoms with Gasteiger partial charge >= 0.3 is 6.03 Å². The Kier molecular flexibility index (Phi) is 5.39. The molecule has 0 spiro atoms. The lowest BCUT2D eigenvalue weighted by molar-refractivity contribution is -0.124. The molecule has 7 nitrogen and oxygen atoms in total. The normalized spacial score (nSPS) is 16.6. The number of ether oxygens (including phenoxy) is 1. The smallest absolute Gasteiger partial charge is 0.321 e. The maximum atomic E-state index is 12.0. The van der Waals surface area contributed by atoms with Gasteiger partial charge in [-0.2, -0.15) is 0 Å². The van der Waals surface area contributed by atoms with Gasteiger partial charge in [-0.1, -0.05) is 12.1 Å². The van der Waals surface area contributed by atoms with E-state index < -0.39 is 0 Å². The summed E-state index contributed by atoms with van der Waals surface area (Å²) in [5, 5.41) is 10.6. The van der Waals surface area contributed by atoms with E-state index in [-0.39, 0.29) is 18.0 Å². The molecule has 0 bridgehead atoms. The van der Waals surface area contributed by atoms with Crippen molar-refractivity contribution >= 4 is 34.1 Å². The number of nitrogens with zero attached hydrogens (tertiary/aromatic N) is 1. The van der Waals surface area contributed by atoms with Crippen LogP contribution in [0.15, 0.2) is 35.8 Å². The van der Waals surface area contributed by atoms with Crippen LogP contribution in [0.4, 0.5) is 15.6 Å². The summed E-state index contributed by atoms with van der Waals surface area (Å²) in [7, 11) is 0. The fourth-order valence-corrected chi connectivity index (χ4v) is 2.90. The summed E-state index contributed by atoms with van der Waals surface area (Å²) in [6.07, 6.45) is 2.93. The SMILES string of the molecule is O=C(NCc1cccc(NC(=O)[C@H]2CCCO2)c1)Nc1nccs1. The summed E-state index contributed by atoms with van der Waals surface area (Å²) in [5.41, 5.74) is 1.57. The summed E-state index contributed by atoms with van der Waals surface area (Å²) < 4.78 is 5.36. The Balaban J connectivity index is 1.51. The molecule has 126 valence electrons. The van der Waals surface area contributed by atoms with Gasteiger partial charge in [0.05, 0.1) is 0 Å². The molecule has 1 saturated heterocycles. The van der Waals surface area contributed by atoms with Gasteiger partial charge in [0.15, 0.2) is 5.13 Å². The molecule has 1 aliphatic rings. The molecule has 1 atom stereocenters. The predicted octanol–water partition coefficient (Wildman–Crippen LogP) is 2.58. The Bertz CT molecular complexity index is 699. The lowest BCUT2D eigenvalue weighted by Crippen LogP contribution is -2.28. The van der Waals surface area contributed by atoms with E-state index in [1.54, 1.807) is 11.6 Å². The van der Waals surface area contributed by atoms with Gasteiger partial charge in [-0.15, -0.1) is 11.3 Å². The molecule has 8 heteroatoms. The van der Waals surface area contributed by atoms with Crippen LogP contribution in [0.2, 0.25) is 0 Å². The average Bonchev–Trinajstić information content (AvgIpc) is 3.27.